The van der Waals surface area contributed by atoms with Gasteiger partial charge >= 0.3 is 0 Å². The predicted molar refractivity (Wildman–Crippen MR) is 116 cm³/mol. The van der Waals surface area contributed by atoms with Gasteiger partial charge in [0.15, 0.2) is 11.5 Å². The molecule has 2 aliphatic heterocycles. The van der Waals surface area contributed by atoms with Gasteiger partial charge in [0.25, 0.3) is 0 Å². The molecule has 1 aromatic heterocycles. The van der Waals surface area contributed by atoms with E-state index in [1.165, 1.54) is 11.3 Å². The van der Waals surface area contributed by atoms with Crippen LogP contribution < -0.4 is 19.7 Å². The lowest BCUT2D eigenvalue weighted by Gasteiger charge is -2.33. The molecule has 4 rings (SSSR count). The number of fused-ring (bicyclic) bond motifs is 2. The molecule has 6 nitrogen and oxygen atoms in total. The maximum Gasteiger partial charge on any atom is 0.226 e. The minimum absolute atomic E-state index is 0.333. The second-order valence-electron chi connectivity index (χ2n) is 8.16. The quantitative estimate of drug-likeness (QED) is 0.833. The van der Waals surface area contributed by atoms with E-state index in [-0.39, 0.29) is 0 Å². The van der Waals surface area contributed by atoms with Gasteiger partial charge in [0.2, 0.25) is 5.95 Å². The molecule has 3 heterocycles. The molecule has 0 amide bonds. The van der Waals surface area contributed by atoms with E-state index in [0.29, 0.717) is 25.3 Å². The van der Waals surface area contributed by atoms with Crippen molar-refractivity contribution in [2.75, 3.05) is 31.2 Å². The summed E-state index contributed by atoms with van der Waals surface area (Å²) < 4.78 is 11.5. The number of rotatable bonds is 5. The largest absolute Gasteiger partial charge is 0.486 e. The number of aromatic nitrogens is 2. The molecule has 1 aromatic carbocycles. The van der Waals surface area contributed by atoms with E-state index < -0.39 is 0 Å². The fourth-order valence-corrected chi connectivity index (χ4v) is 4.21. The molecule has 1 N–H and O–H groups in total. The molecule has 0 saturated carbocycles. The van der Waals surface area contributed by atoms with Gasteiger partial charge in [0.05, 0.1) is 11.4 Å². The third-order valence-electron chi connectivity index (χ3n) is 5.84. The van der Waals surface area contributed by atoms with E-state index in [1.807, 2.05) is 6.07 Å². The third kappa shape index (κ3) is 4.04. The van der Waals surface area contributed by atoms with Crippen LogP contribution in [-0.2, 0) is 12.8 Å². The molecule has 0 saturated heterocycles. The summed E-state index contributed by atoms with van der Waals surface area (Å²) in [6.07, 6.45) is 2.92. The molecule has 2 aromatic rings. The van der Waals surface area contributed by atoms with Crippen molar-refractivity contribution in [2.45, 2.75) is 59.0 Å². The van der Waals surface area contributed by atoms with Crippen LogP contribution in [0.2, 0.25) is 0 Å². The Kier molecular flexibility index (Phi) is 5.90. The number of benzene rings is 1. The third-order valence-corrected chi connectivity index (χ3v) is 5.84. The monoisotopic (exact) mass is 396 g/mol. The average molecular weight is 397 g/mol. The summed E-state index contributed by atoms with van der Waals surface area (Å²) in [4.78, 5) is 12.5. The summed E-state index contributed by atoms with van der Waals surface area (Å²) in [6.45, 7) is 12.0. The molecule has 0 bridgehead atoms. The van der Waals surface area contributed by atoms with Crippen molar-refractivity contribution in [3.63, 3.8) is 0 Å². The minimum atomic E-state index is 0.333. The van der Waals surface area contributed by atoms with Crippen LogP contribution in [0.3, 0.4) is 0 Å². The standard InChI is InChI=1S/C23H32N4O2/c1-5-16(4)27(15(2)3)23-25-19-9-11-24-10-8-18(19)22(26-23)17-6-7-20-21(14-17)29-13-12-28-20/h6-7,14-16,24H,5,8-13H2,1-4H3. The van der Waals surface area contributed by atoms with E-state index >= 15 is 0 Å². The fourth-order valence-electron chi connectivity index (χ4n) is 4.21. The zero-order chi connectivity index (χ0) is 20.4. The van der Waals surface area contributed by atoms with Gasteiger partial charge in [-0.25, -0.2) is 9.97 Å². The molecule has 1 unspecified atom stereocenters. The average Bonchev–Trinajstić information content (AvgIpc) is 2.98. The number of ether oxygens (including phenoxy) is 2. The molecule has 156 valence electrons. The minimum Gasteiger partial charge on any atom is -0.486 e. The topological polar surface area (TPSA) is 59.5 Å². The highest BCUT2D eigenvalue weighted by atomic mass is 16.6. The normalized spacial score (nSPS) is 16.9. The maximum absolute atomic E-state index is 5.83. The SMILES string of the molecule is CCC(C)N(c1nc2c(c(-c3ccc4c(c3)OCCO4)n1)CCNCC2)C(C)C. The van der Waals surface area contributed by atoms with Gasteiger partial charge < -0.3 is 19.7 Å². The Morgan fingerprint density at radius 1 is 1.03 bits per heavy atom. The summed E-state index contributed by atoms with van der Waals surface area (Å²) in [5.41, 5.74) is 4.52. The van der Waals surface area contributed by atoms with Crippen LogP contribution >= 0.6 is 0 Å². The van der Waals surface area contributed by atoms with E-state index in [4.69, 9.17) is 19.4 Å². The van der Waals surface area contributed by atoms with Gasteiger partial charge in [-0.2, -0.15) is 0 Å². The summed E-state index contributed by atoms with van der Waals surface area (Å²) in [5, 5.41) is 3.50. The summed E-state index contributed by atoms with van der Waals surface area (Å²) in [7, 11) is 0. The predicted octanol–water partition coefficient (Wildman–Crippen LogP) is 3.62. The number of nitrogens with one attached hydrogen (secondary N) is 1. The molecule has 6 heteroatoms. The van der Waals surface area contributed by atoms with Gasteiger partial charge in [-0.3, -0.25) is 0 Å². The number of hydrogen-bond donors (Lipinski definition) is 1. The van der Waals surface area contributed by atoms with Crippen molar-refractivity contribution in [3.8, 4) is 22.8 Å². The number of anilines is 1. The van der Waals surface area contributed by atoms with E-state index in [0.717, 1.165) is 61.1 Å². The number of hydrogen-bond acceptors (Lipinski definition) is 6. The van der Waals surface area contributed by atoms with Gasteiger partial charge in [0, 0.05) is 36.2 Å². The highest BCUT2D eigenvalue weighted by Gasteiger charge is 2.25. The Morgan fingerprint density at radius 2 is 1.79 bits per heavy atom. The van der Waals surface area contributed by atoms with Gasteiger partial charge in [0.1, 0.15) is 13.2 Å². The van der Waals surface area contributed by atoms with Crippen LogP contribution in [0, 0.1) is 0 Å². The summed E-state index contributed by atoms with van der Waals surface area (Å²) >= 11 is 0. The molecular formula is C23H32N4O2. The van der Waals surface area contributed by atoms with Crippen LogP contribution in [0.25, 0.3) is 11.3 Å². The van der Waals surface area contributed by atoms with E-state index in [1.54, 1.807) is 0 Å². The molecule has 0 spiro atoms. The van der Waals surface area contributed by atoms with Crippen molar-refractivity contribution in [1.82, 2.24) is 15.3 Å². The maximum atomic E-state index is 5.83. The molecule has 0 radical (unpaired) electrons. The van der Waals surface area contributed by atoms with Crippen molar-refractivity contribution in [2.24, 2.45) is 0 Å². The Labute approximate surface area is 173 Å². The lowest BCUT2D eigenvalue weighted by molar-refractivity contribution is 0.171. The van der Waals surface area contributed by atoms with Crippen LogP contribution in [0.5, 0.6) is 11.5 Å². The zero-order valence-corrected chi connectivity index (χ0v) is 18.0. The highest BCUT2D eigenvalue weighted by Crippen LogP contribution is 2.36. The highest BCUT2D eigenvalue weighted by molar-refractivity contribution is 5.69. The van der Waals surface area contributed by atoms with Crippen molar-refractivity contribution < 1.29 is 9.47 Å². The Morgan fingerprint density at radius 3 is 2.55 bits per heavy atom. The molecular weight excluding hydrogens is 364 g/mol. The Hall–Kier alpha value is -2.34. The summed E-state index contributed by atoms with van der Waals surface area (Å²) in [6, 6.07) is 6.88. The summed E-state index contributed by atoms with van der Waals surface area (Å²) in [5.74, 6) is 2.45. The molecule has 2 aliphatic rings. The van der Waals surface area contributed by atoms with Crippen molar-refractivity contribution in [3.05, 3.63) is 29.5 Å². The first-order chi connectivity index (χ1) is 14.1. The van der Waals surface area contributed by atoms with Crippen molar-refractivity contribution in [1.29, 1.82) is 0 Å². The Bertz CT molecular complexity index is 868. The first-order valence-corrected chi connectivity index (χ1v) is 10.9. The van der Waals surface area contributed by atoms with Crippen LogP contribution in [0.4, 0.5) is 5.95 Å². The van der Waals surface area contributed by atoms with Gasteiger partial charge in [-0.05, 0) is 58.4 Å². The first-order valence-electron chi connectivity index (χ1n) is 10.9. The molecule has 29 heavy (non-hydrogen) atoms. The second-order valence-corrected chi connectivity index (χ2v) is 8.16. The molecule has 0 aliphatic carbocycles. The van der Waals surface area contributed by atoms with Crippen molar-refractivity contribution >= 4 is 5.95 Å². The van der Waals surface area contributed by atoms with E-state index in [9.17, 15) is 0 Å². The second kappa shape index (κ2) is 8.57. The fraction of sp³-hybridized carbons (Fsp3) is 0.565. The van der Waals surface area contributed by atoms with Gasteiger partial charge in [-0.1, -0.05) is 6.92 Å². The lowest BCUT2D eigenvalue weighted by atomic mass is 10.0. The molecule has 1 atom stereocenters. The zero-order valence-electron chi connectivity index (χ0n) is 18.0. The molecule has 0 fully saturated rings. The Balaban J connectivity index is 1.85. The van der Waals surface area contributed by atoms with Gasteiger partial charge in [-0.15, -0.1) is 0 Å². The lowest BCUT2D eigenvalue weighted by Crippen LogP contribution is -2.40. The van der Waals surface area contributed by atoms with Crippen LogP contribution in [0.1, 0.15) is 45.4 Å². The van der Waals surface area contributed by atoms with Crippen LogP contribution in [-0.4, -0.2) is 48.4 Å². The van der Waals surface area contributed by atoms with Crippen LogP contribution in [0.15, 0.2) is 18.2 Å². The smallest absolute Gasteiger partial charge is 0.226 e. The van der Waals surface area contributed by atoms with E-state index in [2.05, 4.69) is 50.0 Å². The number of nitrogens with zero attached hydrogens (tertiary/aromatic N) is 3. The first kappa shape index (κ1) is 20.0.